The second-order valence-electron chi connectivity index (χ2n) is 3.12. The standard InChI is InChI=1S/C9H10N2O3S2/c10-16(12,13)8-4-2-1-3-7(8)9-11-14-5-6-15-9/h1-4H,5-6H2,(H2,10,12,13). The zero-order chi connectivity index (χ0) is 11.6. The van der Waals surface area contributed by atoms with Crippen molar-refractivity contribution in [2.75, 3.05) is 12.4 Å². The molecule has 1 aromatic rings. The Labute approximate surface area is 97.7 Å². The number of primary sulfonamides is 1. The van der Waals surface area contributed by atoms with Crippen LogP contribution in [0.25, 0.3) is 0 Å². The van der Waals surface area contributed by atoms with Crippen molar-refractivity contribution in [3.05, 3.63) is 29.8 Å². The number of hydrogen-bond acceptors (Lipinski definition) is 5. The second-order valence-corrected chi connectivity index (χ2v) is 5.73. The Bertz CT molecular complexity index is 525. The molecule has 1 aliphatic heterocycles. The second kappa shape index (κ2) is 4.44. The maximum absolute atomic E-state index is 11.4. The van der Waals surface area contributed by atoms with E-state index in [0.717, 1.165) is 5.75 Å². The number of rotatable bonds is 2. The Balaban J connectivity index is 2.52. The van der Waals surface area contributed by atoms with Gasteiger partial charge in [-0.05, 0) is 6.07 Å². The van der Waals surface area contributed by atoms with Crippen LogP contribution in [0.4, 0.5) is 0 Å². The Morgan fingerprint density at radius 3 is 2.75 bits per heavy atom. The van der Waals surface area contributed by atoms with Gasteiger partial charge in [-0.25, -0.2) is 13.6 Å². The van der Waals surface area contributed by atoms with Gasteiger partial charge in [-0.3, -0.25) is 0 Å². The summed E-state index contributed by atoms with van der Waals surface area (Å²) in [6.07, 6.45) is 0. The monoisotopic (exact) mass is 258 g/mol. The molecule has 0 radical (unpaired) electrons. The molecule has 1 aliphatic rings. The van der Waals surface area contributed by atoms with Crippen LogP contribution in [0.15, 0.2) is 34.3 Å². The first-order chi connectivity index (χ1) is 7.59. The number of benzene rings is 1. The minimum atomic E-state index is -3.73. The summed E-state index contributed by atoms with van der Waals surface area (Å²) in [7, 11) is -3.73. The van der Waals surface area contributed by atoms with Crippen LogP contribution in [0.3, 0.4) is 0 Å². The average molecular weight is 258 g/mol. The minimum absolute atomic E-state index is 0.0757. The highest BCUT2D eigenvalue weighted by Gasteiger charge is 2.19. The smallest absolute Gasteiger partial charge is 0.238 e. The number of nitrogens with zero attached hydrogens (tertiary/aromatic N) is 1. The zero-order valence-corrected chi connectivity index (χ0v) is 9.92. The molecule has 2 N–H and O–H groups in total. The molecule has 16 heavy (non-hydrogen) atoms. The quantitative estimate of drug-likeness (QED) is 0.849. The Hall–Kier alpha value is -1.05. The van der Waals surface area contributed by atoms with Gasteiger partial charge in [0, 0.05) is 11.3 Å². The predicted octanol–water partition coefficient (Wildman–Crippen LogP) is 0.759. The van der Waals surface area contributed by atoms with Gasteiger partial charge in [-0.15, -0.1) is 0 Å². The van der Waals surface area contributed by atoms with E-state index in [2.05, 4.69) is 5.16 Å². The number of thioether (sulfide) groups is 1. The summed E-state index contributed by atoms with van der Waals surface area (Å²) in [6.45, 7) is 0.533. The van der Waals surface area contributed by atoms with E-state index < -0.39 is 10.0 Å². The van der Waals surface area contributed by atoms with Gasteiger partial charge in [0.2, 0.25) is 10.0 Å². The molecule has 0 saturated heterocycles. The lowest BCUT2D eigenvalue weighted by Gasteiger charge is -2.13. The highest BCUT2D eigenvalue weighted by molar-refractivity contribution is 8.14. The van der Waals surface area contributed by atoms with Crippen LogP contribution in [-0.4, -0.2) is 25.8 Å². The first kappa shape index (κ1) is 11.4. The maximum atomic E-state index is 11.4. The molecule has 0 spiro atoms. The number of sulfonamides is 1. The fourth-order valence-electron chi connectivity index (χ4n) is 1.32. The Morgan fingerprint density at radius 1 is 1.38 bits per heavy atom. The van der Waals surface area contributed by atoms with Crippen LogP contribution in [0.2, 0.25) is 0 Å². The van der Waals surface area contributed by atoms with Gasteiger partial charge in [-0.2, -0.15) is 0 Å². The summed E-state index contributed by atoms with van der Waals surface area (Å²) < 4.78 is 22.7. The van der Waals surface area contributed by atoms with E-state index in [0.29, 0.717) is 17.2 Å². The van der Waals surface area contributed by atoms with Crippen molar-refractivity contribution in [3.8, 4) is 0 Å². The molecular weight excluding hydrogens is 248 g/mol. The van der Waals surface area contributed by atoms with E-state index in [9.17, 15) is 8.42 Å². The molecule has 0 aliphatic carbocycles. The first-order valence-electron chi connectivity index (χ1n) is 4.54. The van der Waals surface area contributed by atoms with Crippen molar-refractivity contribution < 1.29 is 13.3 Å². The summed E-state index contributed by atoms with van der Waals surface area (Å²) in [6, 6.07) is 6.49. The van der Waals surface area contributed by atoms with E-state index in [-0.39, 0.29) is 4.90 Å². The number of nitrogens with two attached hydrogens (primary N) is 1. The average Bonchev–Trinajstić information content (AvgIpc) is 2.29. The molecule has 0 atom stereocenters. The molecule has 7 heteroatoms. The zero-order valence-electron chi connectivity index (χ0n) is 8.29. The molecule has 0 fully saturated rings. The van der Waals surface area contributed by atoms with Crippen LogP contribution in [0.1, 0.15) is 5.56 Å². The lowest BCUT2D eigenvalue weighted by atomic mass is 10.2. The normalized spacial score (nSPS) is 16.4. The van der Waals surface area contributed by atoms with Gasteiger partial charge >= 0.3 is 0 Å². The molecule has 1 heterocycles. The van der Waals surface area contributed by atoms with Crippen molar-refractivity contribution in [2.45, 2.75) is 4.90 Å². The molecule has 0 aromatic heterocycles. The van der Waals surface area contributed by atoms with E-state index in [1.54, 1.807) is 18.2 Å². The van der Waals surface area contributed by atoms with E-state index in [1.165, 1.54) is 17.8 Å². The fourth-order valence-corrected chi connectivity index (χ4v) is 2.92. The third-order valence-corrected chi connectivity index (χ3v) is 3.89. The van der Waals surface area contributed by atoms with Crippen LogP contribution < -0.4 is 5.14 Å². The third-order valence-electron chi connectivity index (χ3n) is 1.98. The molecular formula is C9H10N2O3S2. The highest BCUT2D eigenvalue weighted by Crippen LogP contribution is 2.23. The molecule has 0 unspecified atom stereocenters. The number of oxime groups is 1. The highest BCUT2D eigenvalue weighted by atomic mass is 32.2. The van der Waals surface area contributed by atoms with Crippen LogP contribution >= 0.6 is 11.8 Å². The van der Waals surface area contributed by atoms with Crippen molar-refractivity contribution in [1.82, 2.24) is 0 Å². The van der Waals surface area contributed by atoms with Crippen LogP contribution in [0.5, 0.6) is 0 Å². The molecule has 2 rings (SSSR count). The van der Waals surface area contributed by atoms with E-state index >= 15 is 0 Å². The fraction of sp³-hybridized carbons (Fsp3) is 0.222. The molecule has 1 aromatic carbocycles. The lowest BCUT2D eigenvalue weighted by molar-refractivity contribution is 0.160. The van der Waals surface area contributed by atoms with E-state index in [1.807, 2.05) is 0 Å². The maximum Gasteiger partial charge on any atom is 0.238 e. The summed E-state index contributed by atoms with van der Waals surface area (Å²) in [5.74, 6) is 0.748. The summed E-state index contributed by atoms with van der Waals surface area (Å²) >= 11 is 1.45. The van der Waals surface area contributed by atoms with Gasteiger partial charge in [0.15, 0.2) is 0 Å². The SMILES string of the molecule is NS(=O)(=O)c1ccccc1C1=NOCCS1. The number of hydrogen-bond donors (Lipinski definition) is 1. The molecule has 0 bridgehead atoms. The van der Waals surface area contributed by atoms with Crippen molar-refractivity contribution >= 4 is 26.8 Å². The first-order valence-corrected chi connectivity index (χ1v) is 7.07. The summed E-state index contributed by atoms with van der Waals surface area (Å²) in [5, 5.41) is 9.52. The third kappa shape index (κ3) is 2.37. The molecule has 5 nitrogen and oxygen atoms in total. The Morgan fingerprint density at radius 2 is 2.12 bits per heavy atom. The predicted molar refractivity (Wildman–Crippen MR) is 62.8 cm³/mol. The van der Waals surface area contributed by atoms with Crippen molar-refractivity contribution in [1.29, 1.82) is 0 Å². The van der Waals surface area contributed by atoms with Gasteiger partial charge < -0.3 is 4.84 Å². The van der Waals surface area contributed by atoms with E-state index in [4.69, 9.17) is 9.98 Å². The molecule has 0 saturated carbocycles. The van der Waals surface area contributed by atoms with Gasteiger partial charge in [0.1, 0.15) is 11.7 Å². The van der Waals surface area contributed by atoms with Crippen molar-refractivity contribution in [2.24, 2.45) is 10.3 Å². The molecule has 0 amide bonds. The minimum Gasteiger partial charge on any atom is -0.394 e. The van der Waals surface area contributed by atoms with Crippen LogP contribution in [0, 0.1) is 0 Å². The topological polar surface area (TPSA) is 81.8 Å². The largest absolute Gasteiger partial charge is 0.394 e. The summed E-state index contributed by atoms with van der Waals surface area (Å²) in [5.41, 5.74) is 0.495. The Kier molecular flexibility index (Phi) is 3.17. The lowest BCUT2D eigenvalue weighted by Crippen LogP contribution is -2.17. The van der Waals surface area contributed by atoms with Gasteiger partial charge in [0.25, 0.3) is 0 Å². The summed E-state index contributed by atoms with van der Waals surface area (Å²) in [4.78, 5) is 5.01. The van der Waals surface area contributed by atoms with Crippen LogP contribution in [-0.2, 0) is 14.9 Å². The van der Waals surface area contributed by atoms with Gasteiger partial charge in [-0.1, -0.05) is 35.1 Å². The molecule has 86 valence electrons. The van der Waals surface area contributed by atoms with Crippen molar-refractivity contribution in [3.63, 3.8) is 0 Å². The van der Waals surface area contributed by atoms with Gasteiger partial charge in [0.05, 0.1) is 4.90 Å².